The summed E-state index contributed by atoms with van der Waals surface area (Å²) < 4.78 is 20.7. The molecule has 2 amide bonds. The van der Waals surface area contributed by atoms with E-state index < -0.39 is 11.9 Å². The Bertz CT molecular complexity index is 1040. The van der Waals surface area contributed by atoms with Crippen LogP contribution in [0.4, 0.5) is 15.8 Å². The van der Waals surface area contributed by atoms with Crippen molar-refractivity contribution in [1.82, 2.24) is 15.2 Å². The van der Waals surface area contributed by atoms with Gasteiger partial charge in [-0.05, 0) is 31.5 Å². The molecule has 1 fully saturated rings. The van der Waals surface area contributed by atoms with E-state index in [2.05, 4.69) is 25.4 Å². The van der Waals surface area contributed by atoms with Gasteiger partial charge in [-0.15, -0.1) is 0 Å². The van der Waals surface area contributed by atoms with Gasteiger partial charge in [0.05, 0.1) is 11.4 Å². The van der Waals surface area contributed by atoms with Crippen molar-refractivity contribution in [1.29, 1.82) is 0 Å². The minimum absolute atomic E-state index is 0.133. The zero-order chi connectivity index (χ0) is 22.8. The molecular weight excluding hydrogens is 413 g/mol. The maximum Gasteiger partial charge on any atom is 0.269 e. The molecule has 2 aromatic rings. The molecule has 32 heavy (non-hydrogen) atoms. The van der Waals surface area contributed by atoms with Crippen molar-refractivity contribution in [2.45, 2.75) is 32.9 Å². The Morgan fingerprint density at radius 3 is 2.66 bits per heavy atom. The van der Waals surface area contributed by atoms with Gasteiger partial charge in [0.1, 0.15) is 17.1 Å². The average Bonchev–Trinajstić information content (AvgIpc) is 2.81. The fraction of sp³-hybridized carbons (Fsp3) is 0.435. The van der Waals surface area contributed by atoms with Crippen LogP contribution in [-0.4, -0.2) is 61.0 Å². The number of anilines is 2. The lowest BCUT2D eigenvalue weighted by molar-refractivity contribution is -0.123. The number of rotatable bonds is 5. The number of amides is 2. The predicted octanol–water partition coefficient (Wildman–Crippen LogP) is 2.32. The van der Waals surface area contributed by atoms with Crippen LogP contribution in [0.25, 0.3) is 0 Å². The topological polar surface area (TPSA) is 86.8 Å². The van der Waals surface area contributed by atoms with E-state index in [9.17, 15) is 9.59 Å². The second-order valence-corrected chi connectivity index (χ2v) is 8.06. The molecule has 1 saturated heterocycles. The molecule has 8 nitrogen and oxygen atoms in total. The van der Waals surface area contributed by atoms with Crippen molar-refractivity contribution in [3.05, 3.63) is 47.0 Å². The number of aromatic nitrogens is 1. The molecule has 0 unspecified atom stereocenters. The number of nitrogens with one attached hydrogen (secondary N) is 2. The lowest BCUT2D eigenvalue weighted by atomic mass is 10.1. The summed E-state index contributed by atoms with van der Waals surface area (Å²) >= 11 is 0. The van der Waals surface area contributed by atoms with Crippen LogP contribution < -0.4 is 20.3 Å². The van der Waals surface area contributed by atoms with E-state index in [-0.39, 0.29) is 17.5 Å². The Labute approximate surface area is 186 Å². The molecular formula is C23H28FN5O3. The van der Waals surface area contributed by atoms with E-state index in [1.54, 1.807) is 25.2 Å². The second kappa shape index (κ2) is 9.12. The van der Waals surface area contributed by atoms with E-state index >= 15 is 4.39 Å². The van der Waals surface area contributed by atoms with E-state index in [0.29, 0.717) is 30.0 Å². The van der Waals surface area contributed by atoms with Crippen molar-refractivity contribution in [2.24, 2.45) is 0 Å². The molecule has 1 aromatic heterocycles. The van der Waals surface area contributed by atoms with Crippen LogP contribution in [0.5, 0.6) is 5.75 Å². The van der Waals surface area contributed by atoms with Crippen LogP contribution >= 0.6 is 0 Å². The molecule has 0 spiro atoms. The standard InChI is InChI=1S/C23H28FN5O3/c1-4-18-23(31)27-21-19(32-18)8-5-15(20(21)24)13-28-9-11-29(12-10-28)17-7-6-16(22(30)25-3)26-14(17)2/h5-8,18H,4,9-13H2,1-3H3,(H,25,30)(H,27,31)/t18-/m1/s1. The number of carbonyl (C=O) groups excluding carboxylic acids is 2. The largest absolute Gasteiger partial charge is 0.478 e. The fourth-order valence-corrected chi connectivity index (χ4v) is 4.15. The number of fused-ring (bicyclic) bond motifs is 1. The van der Waals surface area contributed by atoms with Gasteiger partial charge in [0.15, 0.2) is 11.9 Å². The maximum atomic E-state index is 15.1. The van der Waals surface area contributed by atoms with Gasteiger partial charge in [0, 0.05) is 45.3 Å². The van der Waals surface area contributed by atoms with Crippen LogP contribution in [0.2, 0.25) is 0 Å². The summed E-state index contributed by atoms with van der Waals surface area (Å²) in [6.07, 6.45) is -0.0492. The van der Waals surface area contributed by atoms with Crippen molar-refractivity contribution in [3.8, 4) is 5.75 Å². The molecule has 2 aliphatic heterocycles. The highest BCUT2D eigenvalue weighted by atomic mass is 19.1. The van der Waals surface area contributed by atoms with E-state index in [4.69, 9.17) is 4.74 Å². The molecule has 0 saturated carbocycles. The third-order valence-corrected chi connectivity index (χ3v) is 5.99. The molecule has 1 atom stereocenters. The van der Waals surface area contributed by atoms with Gasteiger partial charge in [-0.25, -0.2) is 9.37 Å². The Balaban J connectivity index is 1.40. The van der Waals surface area contributed by atoms with Crippen molar-refractivity contribution >= 4 is 23.2 Å². The number of hydrogen-bond donors (Lipinski definition) is 2. The molecule has 9 heteroatoms. The first-order valence-electron chi connectivity index (χ1n) is 10.9. The molecule has 0 radical (unpaired) electrons. The quantitative estimate of drug-likeness (QED) is 0.741. The van der Waals surface area contributed by atoms with Gasteiger partial charge in [0.25, 0.3) is 11.8 Å². The van der Waals surface area contributed by atoms with Gasteiger partial charge in [-0.2, -0.15) is 0 Å². The van der Waals surface area contributed by atoms with Gasteiger partial charge < -0.3 is 20.3 Å². The first-order valence-corrected chi connectivity index (χ1v) is 10.9. The highest BCUT2D eigenvalue weighted by Gasteiger charge is 2.30. The molecule has 170 valence electrons. The normalized spacial score (nSPS) is 18.6. The van der Waals surface area contributed by atoms with E-state index in [1.165, 1.54) is 0 Å². The number of pyridine rings is 1. The van der Waals surface area contributed by atoms with Crippen LogP contribution in [-0.2, 0) is 11.3 Å². The summed E-state index contributed by atoms with van der Waals surface area (Å²) in [4.78, 5) is 32.7. The number of aryl methyl sites for hydroxylation is 1. The Morgan fingerprint density at radius 2 is 2.00 bits per heavy atom. The van der Waals surface area contributed by atoms with Crippen LogP contribution in [0.3, 0.4) is 0 Å². The summed E-state index contributed by atoms with van der Waals surface area (Å²) in [5.41, 5.74) is 2.87. The number of halogens is 1. The summed E-state index contributed by atoms with van der Waals surface area (Å²) in [7, 11) is 1.58. The third kappa shape index (κ3) is 4.25. The van der Waals surface area contributed by atoms with Crippen LogP contribution in [0.15, 0.2) is 24.3 Å². The molecule has 4 rings (SSSR count). The van der Waals surface area contributed by atoms with Crippen molar-refractivity contribution in [3.63, 3.8) is 0 Å². The van der Waals surface area contributed by atoms with Gasteiger partial charge in [-0.1, -0.05) is 13.0 Å². The lowest BCUT2D eigenvalue weighted by Gasteiger charge is -2.36. The van der Waals surface area contributed by atoms with Gasteiger partial charge in [-0.3, -0.25) is 14.5 Å². The zero-order valence-electron chi connectivity index (χ0n) is 18.6. The van der Waals surface area contributed by atoms with Gasteiger partial charge in [0.2, 0.25) is 0 Å². The number of hydrogen-bond acceptors (Lipinski definition) is 6. The highest BCUT2D eigenvalue weighted by Crippen LogP contribution is 2.35. The second-order valence-electron chi connectivity index (χ2n) is 8.06. The van der Waals surface area contributed by atoms with E-state index in [0.717, 1.165) is 37.6 Å². The summed E-state index contributed by atoms with van der Waals surface area (Å²) in [6, 6.07) is 7.12. The molecule has 0 bridgehead atoms. The summed E-state index contributed by atoms with van der Waals surface area (Å²) in [5.74, 6) is -0.567. The Hall–Kier alpha value is -3.20. The minimum atomic E-state index is -0.579. The lowest BCUT2D eigenvalue weighted by Crippen LogP contribution is -2.46. The number of piperazine rings is 1. The highest BCUT2D eigenvalue weighted by molar-refractivity contribution is 5.98. The van der Waals surface area contributed by atoms with Crippen molar-refractivity contribution < 1.29 is 18.7 Å². The minimum Gasteiger partial charge on any atom is -0.478 e. The number of ether oxygens (including phenoxy) is 1. The maximum absolute atomic E-state index is 15.1. The fourth-order valence-electron chi connectivity index (χ4n) is 4.15. The van der Waals surface area contributed by atoms with Crippen LogP contribution in [0.1, 0.15) is 35.1 Å². The first-order chi connectivity index (χ1) is 15.4. The van der Waals surface area contributed by atoms with Crippen LogP contribution in [0, 0.1) is 12.7 Å². The number of benzene rings is 1. The molecule has 1 aromatic carbocycles. The zero-order valence-corrected chi connectivity index (χ0v) is 18.6. The molecule has 2 aliphatic rings. The smallest absolute Gasteiger partial charge is 0.269 e. The van der Waals surface area contributed by atoms with Crippen molar-refractivity contribution in [2.75, 3.05) is 43.4 Å². The summed E-state index contributed by atoms with van der Waals surface area (Å²) in [5, 5.41) is 5.24. The third-order valence-electron chi connectivity index (χ3n) is 5.99. The van der Waals surface area contributed by atoms with Gasteiger partial charge >= 0.3 is 0 Å². The molecule has 3 heterocycles. The Morgan fingerprint density at radius 1 is 1.25 bits per heavy atom. The molecule has 2 N–H and O–H groups in total. The predicted molar refractivity (Wildman–Crippen MR) is 120 cm³/mol. The number of carbonyl (C=O) groups is 2. The first kappa shape index (κ1) is 22.0. The molecule has 0 aliphatic carbocycles. The van der Waals surface area contributed by atoms with E-state index in [1.807, 2.05) is 19.9 Å². The SMILES string of the molecule is CC[C@H]1Oc2ccc(CN3CCN(c4ccc(C(=O)NC)nc4C)CC3)c(F)c2NC1=O. The average molecular weight is 442 g/mol. The summed E-state index contributed by atoms with van der Waals surface area (Å²) in [6.45, 7) is 7.26. The Kier molecular flexibility index (Phi) is 6.27. The number of nitrogens with zero attached hydrogens (tertiary/aromatic N) is 3. The monoisotopic (exact) mass is 441 g/mol.